The molecule has 14 heteroatoms. The van der Waals surface area contributed by atoms with Gasteiger partial charge in [0.2, 0.25) is 6.54 Å². The standard InChI is InChI=1S/C31H36F4N8O2/c1-21(32)28(44)43-15-14-42(17-22(43)16-36-2)27-23-7-13-41(25-6-5-10-37-26(25)31(33,34)35)18-24(23)38-29(39-27)45-20-30(8-9-30)19-40-11-3-4-12-40/h5-6,10,22H,1,3-4,7-9,11-20H2/t22-/m0/s1. The fourth-order valence-corrected chi connectivity index (χ4v) is 6.68. The molecule has 6 rings (SSSR count). The number of hydrogen-bond donors (Lipinski definition) is 0. The number of fused-ring (bicyclic) bond motifs is 1. The van der Waals surface area contributed by atoms with Gasteiger partial charge in [-0.25, -0.2) is 15.9 Å². The molecule has 3 aliphatic heterocycles. The molecule has 45 heavy (non-hydrogen) atoms. The molecule has 0 aromatic carbocycles. The number of carbonyl (C=O) groups excluding carboxylic acids is 1. The fraction of sp³-hybridized carbons (Fsp3) is 0.581. The highest BCUT2D eigenvalue weighted by molar-refractivity contribution is 5.91. The molecule has 5 heterocycles. The number of piperazine rings is 1. The zero-order chi connectivity index (χ0) is 31.8. The van der Waals surface area contributed by atoms with Gasteiger partial charge in [-0.05, 0) is 57.3 Å². The van der Waals surface area contributed by atoms with Crippen LogP contribution in [0.3, 0.4) is 0 Å². The fourth-order valence-electron chi connectivity index (χ4n) is 6.68. The second-order valence-electron chi connectivity index (χ2n) is 12.4. The van der Waals surface area contributed by atoms with Crippen LogP contribution in [-0.2, 0) is 23.9 Å². The summed E-state index contributed by atoms with van der Waals surface area (Å²) in [5.41, 5.74) is 0.408. The van der Waals surface area contributed by atoms with Gasteiger partial charge in [0.15, 0.2) is 11.5 Å². The summed E-state index contributed by atoms with van der Waals surface area (Å²) in [5, 5.41) is 0. The number of ether oxygens (including phenoxy) is 1. The Morgan fingerprint density at radius 1 is 1.13 bits per heavy atom. The maximum absolute atomic E-state index is 13.8. The molecule has 0 N–H and O–H groups in total. The Bertz CT molecular complexity index is 1480. The van der Waals surface area contributed by atoms with Gasteiger partial charge in [-0.3, -0.25) is 4.79 Å². The predicted octanol–water partition coefficient (Wildman–Crippen LogP) is 4.13. The van der Waals surface area contributed by atoms with Crippen molar-refractivity contribution in [2.24, 2.45) is 5.41 Å². The van der Waals surface area contributed by atoms with Gasteiger partial charge in [-0.1, -0.05) is 6.58 Å². The van der Waals surface area contributed by atoms with Crippen LogP contribution < -0.4 is 14.5 Å². The highest BCUT2D eigenvalue weighted by Gasteiger charge is 2.46. The van der Waals surface area contributed by atoms with Gasteiger partial charge < -0.3 is 29.2 Å². The van der Waals surface area contributed by atoms with E-state index in [1.54, 1.807) is 4.90 Å². The summed E-state index contributed by atoms with van der Waals surface area (Å²) in [4.78, 5) is 36.5. The molecule has 2 saturated heterocycles. The highest BCUT2D eigenvalue weighted by atomic mass is 19.4. The van der Waals surface area contributed by atoms with Crippen molar-refractivity contribution >= 4 is 17.4 Å². The summed E-state index contributed by atoms with van der Waals surface area (Å²) in [7, 11) is 0. The SMILES string of the molecule is [C-]#[N+]C[C@H]1CN(c2nc(OCC3(CN4CCCC4)CC3)nc3c2CCN(c2cccnc2C(F)(F)F)C3)CCN1C(=O)C(=C)F. The molecule has 0 radical (unpaired) electrons. The molecule has 1 atom stereocenters. The minimum Gasteiger partial charge on any atom is -0.463 e. The summed E-state index contributed by atoms with van der Waals surface area (Å²) in [5.74, 6) is -1.34. The van der Waals surface area contributed by atoms with Crippen molar-refractivity contribution in [3.63, 3.8) is 0 Å². The van der Waals surface area contributed by atoms with Gasteiger partial charge in [0.25, 0.3) is 5.91 Å². The van der Waals surface area contributed by atoms with Crippen LogP contribution in [0.25, 0.3) is 4.85 Å². The first-order valence-corrected chi connectivity index (χ1v) is 15.3. The average molecular weight is 629 g/mol. The molecule has 1 saturated carbocycles. The van der Waals surface area contributed by atoms with E-state index in [9.17, 15) is 22.4 Å². The third-order valence-corrected chi connectivity index (χ3v) is 9.22. The Morgan fingerprint density at radius 2 is 1.91 bits per heavy atom. The van der Waals surface area contributed by atoms with E-state index in [0.717, 1.165) is 44.2 Å². The lowest BCUT2D eigenvalue weighted by Gasteiger charge is -2.41. The number of pyridine rings is 1. The van der Waals surface area contributed by atoms with Crippen LogP contribution in [0, 0.1) is 12.0 Å². The van der Waals surface area contributed by atoms with Gasteiger partial charge >= 0.3 is 12.2 Å². The molecular weight excluding hydrogens is 592 g/mol. The molecule has 4 aliphatic rings. The molecule has 3 fully saturated rings. The number of anilines is 2. The Kier molecular flexibility index (Phi) is 8.56. The maximum atomic E-state index is 13.8. The molecular formula is C31H36F4N8O2. The van der Waals surface area contributed by atoms with E-state index < -0.39 is 29.6 Å². The molecule has 0 spiro atoms. The highest BCUT2D eigenvalue weighted by Crippen LogP contribution is 2.47. The quantitative estimate of drug-likeness (QED) is 0.233. The van der Waals surface area contributed by atoms with Crippen LogP contribution in [0.5, 0.6) is 6.01 Å². The number of hydrogen-bond acceptors (Lipinski definition) is 8. The number of carbonyl (C=O) groups is 1. The average Bonchev–Trinajstić information content (AvgIpc) is 3.60. The number of halogens is 4. The van der Waals surface area contributed by atoms with E-state index in [-0.39, 0.29) is 49.8 Å². The first-order valence-electron chi connectivity index (χ1n) is 15.3. The number of amides is 1. The van der Waals surface area contributed by atoms with Crippen LogP contribution in [0.2, 0.25) is 0 Å². The Hall–Kier alpha value is -3.99. The molecule has 0 unspecified atom stereocenters. The molecule has 2 aromatic heterocycles. The summed E-state index contributed by atoms with van der Waals surface area (Å²) in [6, 6.07) is 2.46. The van der Waals surface area contributed by atoms with Crippen molar-refractivity contribution in [2.45, 2.75) is 50.9 Å². The molecule has 0 bridgehead atoms. The van der Waals surface area contributed by atoms with E-state index in [1.807, 2.05) is 4.90 Å². The minimum atomic E-state index is -4.62. The summed E-state index contributed by atoms with van der Waals surface area (Å²) in [6.07, 6.45) is 1.37. The van der Waals surface area contributed by atoms with Gasteiger partial charge in [0.05, 0.1) is 24.5 Å². The number of aromatic nitrogens is 3. The number of rotatable bonds is 9. The third-order valence-electron chi connectivity index (χ3n) is 9.22. The van der Waals surface area contributed by atoms with Crippen LogP contribution in [0.1, 0.15) is 42.6 Å². The lowest BCUT2D eigenvalue weighted by Crippen LogP contribution is -2.57. The largest absolute Gasteiger partial charge is 0.463 e. The van der Waals surface area contributed by atoms with Crippen LogP contribution in [-0.4, -0.2) is 95.7 Å². The smallest absolute Gasteiger partial charge is 0.435 e. The minimum absolute atomic E-state index is 0.0171. The molecule has 1 aliphatic carbocycles. The Balaban J connectivity index is 1.30. The lowest BCUT2D eigenvalue weighted by atomic mass is 10.0. The van der Waals surface area contributed by atoms with Crippen LogP contribution >= 0.6 is 0 Å². The van der Waals surface area contributed by atoms with Crippen molar-refractivity contribution in [3.8, 4) is 6.01 Å². The molecule has 1 amide bonds. The van der Waals surface area contributed by atoms with Gasteiger partial charge in [0, 0.05) is 49.9 Å². The number of alkyl halides is 3. The summed E-state index contributed by atoms with van der Waals surface area (Å²) in [6.45, 7) is 15.2. The Morgan fingerprint density at radius 3 is 2.60 bits per heavy atom. The van der Waals surface area contributed by atoms with E-state index in [2.05, 4.69) is 21.3 Å². The second-order valence-corrected chi connectivity index (χ2v) is 12.4. The maximum Gasteiger partial charge on any atom is 0.435 e. The van der Waals surface area contributed by atoms with E-state index in [4.69, 9.17) is 21.3 Å². The topological polar surface area (TPSA) is 82.3 Å². The summed E-state index contributed by atoms with van der Waals surface area (Å²) < 4.78 is 61.6. The van der Waals surface area contributed by atoms with Crippen molar-refractivity contribution < 1.29 is 27.1 Å². The first-order chi connectivity index (χ1) is 21.6. The molecule has 240 valence electrons. The predicted molar refractivity (Wildman–Crippen MR) is 158 cm³/mol. The van der Waals surface area contributed by atoms with Crippen LogP contribution in [0.15, 0.2) is 30.7 Å². The molecule has 10 nitrogen and oxygen atoms in total. The van der Waals surface area contributed by atoms with E-state index in [0.29, 0.717) is 31.1 Å². The zero-order valence-corrected chi connectivity index (χ0v) is 25.0. The Labute approximate surface area is 259 Å². The lowest BCUT2D eigenvalue weighted by molar-refractivity contribution is -0.140. The van der Waals surface area contributed by atoms with Crippen molar-refractivity contribution in [3.05, 3.63) is 59.1 Å². The van der Waals surface area contributed by atoms with E-state index >= 15 is 0 Å². The molecule has 2 aromatic rings. The van der Waals surface area contributed by atoms with Crippen molar-refractivity contribution in [2.75, 3.05) is 68.8 Å². The number of likely N-dealkylation sites (tertiary alicyclic amines) is 1. The zero-order valence-electron chi connectivity index (χ0n) is 25.0. The van der Waals surface area contributed by atoms with Gasteiger partial charge in [-0.2, -0.15) is 23.1 Å². The van der Waals surface area contributed by atoms with Crippen molar-refractivity contribution in [1.82, 2.24) is 24.8 Å². The second kappa shape index (κ2) is 12.4. The first kappa shape index (κ1) is 31.0. The van der Waals surface area contributed by atoms with Crippen LogP contribution in [0.4, 0.5) is 29.1 Å². The van der Waals surface area contributed by atoms with Gasteiger partial charge in [-0.15, -0.1) is 0 Å². The number of nitrogens with zero attached hydrogens (tertiary/aromatic N) is 8. The monoisotopic (exact) mass is 628 g/mol. The normalized spacial score (nSPS) is 21.3. The van der Waals surface area contributed by atoms with Gasteiger partial charge in [0.1, 0.15) is 11.9 Å². The van der Waals surface area contributed by atoms with Crippen molar-refractivity contribution in [1.29, 1.82) is 0 Å². The summed E-state index contributed by atoms with van der Waals surface area (Å²) >= 11 is 0. The van der Waals surface area contributed by atoms with E-state index in [1.165, 1.54) is 29.9 Å². The third kappa shape index (κ3) is 6.68.